The summed E-state index contributed by atoms with van der Waals surface area (Å²) in [4.78, 5) is 26.2. The molecule has 2 heterocycles. The molecule has 1 aromatic rings. The summed E-state index contributed by atoms with van der Waals surface area (Å²) in [6.07, 6.45) is 0.515. The highest BCUT2D eigenvalue weighted by atomic mass is 16.5. The summed E-state index contributed by atoms with van der Waals surface area (Å²) in [6.45, 7) is 0.864. The molecule has 7 nitrogen and oxygen atoms in total. The van der Waals surface area contributed by atoms with E-state index in [9.17, 15) is 9.59 Å². The lowest BCUT2D eigenvalue weighted by atomic mass is 9.96. The lowest BCUT2D eigenvalue weighted by molar-refractivity contribution is -0.125. The Kier molecular flexibility index (Phi) is 4.20. The molecule has 0 bridgehead atoms. The van der Waals surface area contributed by atoms with Crippen molar-refractivity contribution in [2.75, 3.05) is 26.8 Å². The smallest absolute Gasteiger partial charge is 0.319 e. The summed E-state index contributed by atoms with van der Waals surface area (Å²) >= 11 is 0. The molecule has 0 aromatic heterocycles. The van der Waals surface area contributed by atoms with Crippen LogP contribution in [-0.4, -0.2) is 48.8 Å². The average molecular weight is 317 g/mol. The van der Waals surface area contributed by atoms with Crippen LogP contribution in [0.5, 0.6) is 5.75 Å². The Balaban J connectivity index is 1.89. The summed E-state index contributed by atoms with van der Waals surface area (Å²) in [5.74, 6) is 0.604. The fourth-order valence-corrected chi connectivity index (χ4v) is 2.92. The van der Waals surface area contributed by atoms with E-state index in [2.05, 4.69) is 10.6 Å². The molecule has 0 saturated carbocycles. The maximum absolute atomic E-state index is 12.6. The molecule has 0 aliphatic carbocycles. The zero-order chi connectivity index (χ0) is 16.4. The first-order valence-corrected chi connectivity index (χ1v) is 7.48. The molecule has 7 heteroatoms. The van der Waals surface area contributed by atoms with Crippen molar-refractivity contribution >= 4 is 11.9 Å². The first kappa shape index (κ1) is 15.4. The van der Waals surface area contributed by atoms with Gasteiger partial charge in [0.15, 0.2) is 0 Å². The second kappa shape index (κ2) is 6.29. The van der Waals surface area contributed by atoms with Gasteiger partial charge < -0.3 is 25.4 Å². The summed E-state index contributed by atoms with van der Waals surface area (Å²) in [7, 11) is 1.58. The standard InChI is InChI=1S/C16H19N3O4/c1-23-11-5-3-10(4-6-11)14-13-12(17-16(22)18-14)9-19(15(13)21)7-2-8-20/h3-6,14,20H,2,7-9H2,1H3,(H2,17,18,22)/t14-/m0/s1. The van der Waals surface area contributed by atoms with Gasteiger partial charge in [-0.05, 0) is 24.1 Å². The van der Waals surface area contributed by atoms with Gasteiger partial charge in [0.2, 0.25) is 0 Å². The molecule has 0 saturated heterocycles. The summed E-state index contributed by atoms with van der Waals surface area (Å²) in [6, 6.07) is 6.48. The van der Waals surface area contributed by atoms with Crippen molar-refractivity contribution in [3.63, 3.8) is 0 Å². The van der Waals surface area contributed by atoms with E-state index < -0.39 is 6.04 Å². The van der Waals surface area contributed by atoms with Gasteiger partial charge >= 0.3 is 6.03 Å². The lowest BCUT2D eigenvalue weighted by Gasteiger charge is -2.25. The lowest BCUT2D eigenvalue weighted by Crippen LogP contribution is -2.44. The third-order valence-corrected chi connectivity index (χ3v) is 4.06. The number of carbonyl (C=O) groups excluding carboxylic acids is 2. The quantitative estimate of drug-likeness (QED) is 0.739. The van der Waals surface area contributed by atoms with E-state index in [1.165, 1.54) is 0 Å². The molecule has 23 heavy (non-hydrogen) atoms. The van der Waals surface area contributed by atoms with Crippen molar-refractivity contribution in [3.8, 4) is 5.75 Å². The third kappa shape index (κ3) is 2.87. The number of hydrogen-bond donors (Lipinski definition) is 3. The number of carbonyl (C=O) groups is 2. The molecule has 3 amide bonds. The van der Waals surface area contributed by atoms with E-state index in [1.807, 2.05) is 12.1 Å². The number of urea groups is 1. The monoisotopic (exact) mass is 317 g/mol. The number of rotatable bonds is 5. The Morgan fingerprint density at radius 3 is 2.70 bits per heavy atom. The minimum absolute atomic E-state index is 0.0287. The zero-order valence-corrected chi connectivity index (χ0v) is 12.8. The fraction of sp³-hybridized carbons (Fsp3) is 0.375. The Bertz CT molecular complexity index is 654. The van der Waals surface area contributed by atoms with Crippen LogP contribution in [0, 0.1) is 0 Å². The Labute approximate surface area is 133 Å². The number of hydrogen-bond acceptors (Lipinski definition) is 4. The molecule has 0 fully saturated rings. The first-order chi connectivity index (χ1) is 11.1. The van der Waals surface area contributed by atoms with Gasteiger partial charge in [-0.1, -0.05) is 12.1 Å². The highest BCUT2D eigenvalue weighted by Crippen LogP contribution is 2.33. The highest BCUT2D eigenvalue weighted by molar-refractivity contribution is 6.01. The van der Waals surface area contributed by atoms with E-state index in [0.29, 0.717) is 36.5 Å². The number of methoxy groups -OCH3 is 1. The van der Waals surface area contributed by atoms with Gasteiger partial charge in [-0.25, -0.2) is 4.79 Å². The molecule has 1 aromatic carbocycles. The Morgan fingerprint density at radius 2 is 2.04 bits per heavy atom. The molecule has 0 unspecified atom stereocenters. The van der Waals surface area contributed by atoms with Gasteiger partial charge in [-0.3, -0.25) is 4.79 Å². The average Bonchev–Trinajstić information content (AvgIpc) is 2.88. The van der Waals surface area contributed by atoms with Crippen LogP contribution in [0.15, 0.2) is 35.5 Å². The van der Waals surface area contributed by atoms with E-state index in [4.69, 9.17) is 9.84 Å². The van der Waals surface area contributed by atoms with Crippen LogP contribution in [0.2, 0.25) is 0 Å². The normalized spacial score (nSPS) is 20.3. The maximum Gasteiger partial charge on any atom is 0.319 e. The van der Waals surface area contributed by atoms with Crippen LogP contribution < -0.4 is 15.4 Å². The number of ether oxygens (including phenoxy) is 1. The zero-order valence-electron chi connectivity index (χ0n) is 12.8. The van der Waals surface area contributed by atoms with Crippen molar-refractivity contribution in [3.05, 3.63) is 41.1 Å². The molecule has 0 radical (unpaired) electrons. The number of benzene rings is 1. The van der Waals surface area contributed by atoms with Crippen LogP contribution >= 0.6 is 0 Å². The molecule has 1 atom stereocenters. The van der Waals surface area contributed by atoms with Crippen LogP contribution in [0.4, 0.5) is 4.79 Å². The van der Waals surface area contributed by atoms with E-state index in [0.717, 1.165) is 5.56 Å². The molecule has 0 spiro atoms. The van der Waals surface area contributed by atoms with Crippen LogP contribution in [0.25, 0.3) is 0 Å². The molecular formula is C16H19N3O4. The van der Waals surface area contributed by atoms with Crippen molar-refractivity contribution in [2.45, 2.75) is 12.5 Å². The Hall–Kier alpha value is -2.54. The van der Waals surface area contributed by atoms with Gasteiger partial charge in [0, 0.05) is 13.2 Å². The molecule has 2 aliphatic heterocycles. The second-order valence-electron chi connectivity index (χ2n) is 5.50. The van der Waals surface area contributed by atoms with Gasteiger partial charge in [0.05, 0.1) is 31.0 Å². The predicted molar refractivity (Wildman–Crippen MR) is 82.7 cm³/mol. The first-order valence-electron chi connectivity index (χ1n) is 7.48. The summed E-state index contributed by atoms with van der Waals surface area (Å²) in [5.41, 5.74) is 2.02. The highest BCUT2D eigenvalue weighted by Gasteiger charge is 2.39. The van der Waals surface area contributed by atoms with Gasteiger partial charge in [0.25, 0.3) is 5.91 Å². The molecule has 122 valence electrons. The van der Waals surface area contributed by atoms with Gasteiger partial charge in [0.1, 0.15) is 5.75 Å². The second-order valence-corrected chi connectivity index (χ2v) is 5.50. The summed E-state index contributed by atoms with van der Waals surface area (Å²) < 4.78 is 5.14. The van der Waals surface area contributed by atoms with E-state index in [1.54, 1.807) is 24.1 Å². The number of aliphatic hydroxyl groups is 1. The van der Waals surface area contributed by atoms with Crippen LogP contribution in [-0.2, 0) is 4.79 Å². The topological polar surface area (TPSA) is 90.9 Å². The third-order valence-electron chi connectivity index (χ3n) is 4.06. The van der Waals surface area contributed by atoms with Crippen molar-refractivity contribution in [1.29, 1.82) is 0 Å². The molecule has 3 N–H and O–H groups in total. The van der Waals surface area contributed by atoms with Crippen LogP contribution in [0.1, 0.15) is 18.0 Å². The fourth-order valence-electron chi connectivity index (χ4n) is 2.92. The molecular weight excluding hydrogens is 298 g/mol. The molecule has 3 rings (SSSR count). The van der Waals surface area contributed by atoms with Crippen LogP contribution in [0.3, 0.4) is 0 Å². The Morgan fingerprint density at radius 1 is 1.30 bits per heavy atom. The number of nitrogens with one attached hydrogen (secondary N) is 2. The van der Waals surface area contributed by atoms with Crippen molar-refractivity contribution in [2.24, 2.45) is 0 Å². The number of amides is 3. The van der Waals surface area contributed by atoms with Crippen molar-refractivity contribution < 1.29 is 19.4 Å². The van der Waals surface area contributed by atoms with Crippen molar-refractivity contribution in [1.82, 2.24) is 15.5 Å². The number of nitrogens with zero attached hydrogens (tertiary/aromatic N) is 1. The van der Waals surface area contributed by atoms with E-state index in [-0.39, 0.29) is 18.5 Å². The molecule has 2 aliphatic rings. The number of aliphatic hydroxyl groups excluding tert-OH is 1. The summed E-state index contributed by atoms with van der Waals surface area (Å²) in [5, 5.41) is 14.5. The van der Waals surface area contributed by atoms with E-state index >= 15 is 0 Å². The minimum atomic E-state index is -0.476. The van der Waals surface area contributed by atoms with Gasteiger partial charge in [-0.15, -0.1) is 0 Å². The maximum atomic E-state index is 12.6. The van der Waals surface area contributed by atoms with Gasteiger partial charge in [-0.2, -0.15) is 0 Å². The predicted octanol–water partition coefficient (Wildman–Crippen LogP) is 0.528. The minimum Gasteiger partial charge on any atom is -0.497 e. The largest absolute Gasteiger partial charge is 0.497 e. The SMILES string of the molecule is COc1ccc([C@@H]2NC(=O)NC3=C2C(=O)N(CCCO)C3)cc1.